The molecule has 0 saturated heterocycles. The van der Waals surface area contributed by atoms with E-state index < -0.39 is 15.3 Å². The van der Waals surface area contributed by atoms with Gasteiger partial charge in [0.2, 0.25) is 0 Å². The second kappa shape index (κ2) is 4.88. The van der Waals surface area contributed by atoms with Crippen molar-refractivity contribution in [1.82, 2.24) is 4.98 Å². The van der Waals surface area contributed by atoms with Gasteiger partial charge in [0.05, 0.1) is 11.3 Å². The average Bonchev–Trinajstić information content (AvgIpc) is 2.88. The van der Waals surface area contributed by atoms with E-state index in [1.165, 1.54) is 0 Å². The summed E-state index contributed by atoms with van der Waals surface area (Å²) in [6.07, 6.45) is 2.14. The number of fused-ring (bicyclic) bond motifs is 3. The predicted octanol–water partition coefficient (Wildman–Crippen LogP) is 3.40. The minimum absolute atomic E-state index is 0.0783. The van der Waals surface area contributed by atoms with E-state index >= 15 is 0 Å². The number of hydrogen-bond donors (Lipinski definition) is 0. The number of rotatable bonds is 3. The number of carbonyl (C=O) groups excluding carboxylic acids is 1. The van der Waals surface area contributed by atoms with Gasteiger partial charge in [-0.1, -0.05) is 32.0 Å². The lowest BCUT2D eigenvalue weighted by Crippen LogP contribution is -2.42. The molecule has 2 atom stereocenters. The molecular formula is C19H21NO3S. The van der Waals surface area contributed by atoms with E-state index in [-0.39, 0.29) is 22.0 Å². The maximum absolute atomic E-state index is 13.0. The van der Waals surface area contributed by atoms with Crippen LogP contribution in [-0.4, -0.2) is 24.9 Å². The first-order valence-electron chi connectivity index (χ1n) is 8.38. The van der Waals surface area contributed by atoms with Crippen molar-refractivity contribution in [2.24, 2.45) is 16.7 Å². The molecule has 2 aromatic rings. The van der Waals surface area contributed by atoms with Gasteiger partial charge < -0.3 is 0 Å². The Hall–Kier alpha value is -1.75. The normalized spacial score (nSPS) is 28.6. The molecule has 0 radical (unpaired) electrons. The fourth-order valence-electron chi connectivity index (χ4n) is 4.73. The molecule has 0 amide bonds. The van der Waals surface area contributed by atoms with Crippen molar-refractivity contribution < 1.29 is 13.2 Å². The molecule has 2 unspecified atom stereocenters. The van der Waals surface area contributed by atoms with Crippen LogP contribution in [0.25, 0.3) is 10.9 Å². The molecular weight excluding hydrogens is 322 g/mol. The molecule has 2 aliphatic rings. The van der Waals surface area contributed by atoms with E-state index in [9.17, 15) is 13.2 Å². The molecule has 4 nitrogen and oxygen atoms in total. The zero-order valence-corrected chi connectivity index (χ0v) is 14.8. The molecule has 1 heterocycles. The van der Waals surface area contributed by atoms with Crippen LogP contribution in [0, 0.1) is 16.7 Å². The molecule has 2 aliphatic carbocycles. The van der Waals surface area contributed by atoms with Crippen molar-refractivity contribution >= 4 is 26.5 Å². The van der Waals surface area contributed by atoms with Crippen molar-refractivity contribution in [3.8, 4) is 0 Å². The highest BCUT2D eigenvalue weighted by Gasteiger charge is 2.65. The highest BCUT2D eigenvalue weighted by Crippen LogP contribution is 2.64. The number of ketones is 1. The summed E-state index contributed by atoms with van der Waals surface area (Å²) in [5.41, 5.74) is -0.338. The summed E-state index contributed by atoms with van der Waals surface area (Å²) < 4.78 is 26.1. The van der Waals surface area contributed by atoms with Crippen LogP contribution in [0.15, 0.2) is 41.4 Å². The SMILES string of the molecule is CC1(C)C2CCC1(CS(=O)(=O)c1ccc3ccccc3n1)C(=O)C2. The number of sulfone groups is 1. The first-order valence-corrected chi connectivity index (χ1v) is 10.0. The number of aromatic nitrogens is 1. The number of hydrogen-bond acceptors (Lipinski definition) is 4. The first-order chi connectivity index (χ1) is 11.3. The fraction of sp³-hybridized carbons (Fsp3) is 0.474. The third kappa shape index (κ3) is 2.00. The largest absolute Gasteiger partial charge is 0.299 e. The summed E-state index contributed by atoms with van der Waals surface area (Å²) in [6.45, 7) is 4.11. The maximum Gasteiger partial charge on any atom is 0.196 e. The lowest BCUT2D eigenvalue weighted by molar-refractivity contribution is -0.128. The second-order valence-corrected chi connectivity index (χ2v) is 9.70. The third-order valence-electron chi connectivity index (χ3n) is 6.47. The van der Waals surface area contributed by atoms with Gasteiger partial charge in [0.1, 0.15) is 5.78 Å². The molecule has 24 heavy (non-hydrogen) atoms. The van der Waals surface area contributed by atoms with Gasteiger partial charge in [-0.05, 0) is 42.4 Å². The number of nitrogens with zero attached hydrogens (tertiary/aromatic N) is 1. The number of carbonyl (C=O) groups is 1. The van der Waals surface area contributed by atoms with Gasteiger partial charge >= 0.3 is 0 Å². The first kappa shape index (κ1) is 15.8. The maximum atomic E-state index is 13.0. The summed E-state index contributed by atoms with van der Waals surface area (Å²) >= 11 is 0. The van der Waals surface area contributed by atoms with Crippen LogP contribution in [0.1, 0.15) is 33.1 Å². The van der Waals surface area contributed by atoms with Crippen molar-refractivity contribution in [3.63, 3.8) is 0 Å². The van der Waals surface area contributed by atoms with Gasteiger partial charge in [-0.3, -0.25) is 4.79 Å². The molecule has 0 spiro atoms. The quantitative estimate of drug-likeness (QED) is 0.857. The van der Waals surface area contributed by atoms with Crippen LogP contribution >= 0.6 is 0 Å². The van der Waals surface area contributed by atoms with Crippen LogP contribution in [0.5, 0.6) is 0 Å². The van der Waals surface area contributed by atoms with Gasteiger partial charge in [-0.15, -0.1) is 0 Å². The second-order valence-electron chi connectivity index (χ2n) is 7.77. The zero-order valence-electron chi connectivity index (χ0n) is 14.0. The van der Waals surface area contributed by atoms with Crippen molar-refractivity contribution in [1.29, 1.82) is 0 Å². The van der Waals surface area contributed by atoms with Crippen molar-refractivity contribution in [2.75, 3.05) is 5.75 Å². The van der Waals surface area contributed by atoms with Gasteiger partial charge in [0.25, 0.3) is 0 Å². The Morgan fingerprint density at radius 3 is 2.58 bits per heavy atom. The number of Topliss-reactive ketones (excluding diaryl/α,β-unsaturated/α-hetero) is 1. The minimum atomic E-state index is -3.61. The molecule has 2 bridgehead atoms. The standard InChI is InChI=1S/C19H21NO3S/c1-18(2)14-9-10-19(18,16(21)11-14)12-24(22,23)17-8-7-13-5-3-4-6-15(13)20-17/h3-8,14H,9-12H2,1-2H3. The smallest absolute Gasteiger partial charge is 0.196 e. The summed E-state index contributed by atoms with van der Waals surface area (Å²) in [5, 5.41) is 0.988. The summed E-state index contributed by atoms with van der Waals surface area (Å²) in [5.74, 6) is 0.311. The van der Waals surface area contributed by atoms with Gasteiger partial charge in [0, 0.05) is 17.2 Å². The molecule has 4 rings (SSSR count). The Kier molecular flexibility index (Phi) is 3.21. The topological polar surface area (TPSA) is 64.1 Å². The van der Waals surface area contributed by atoms with Gasteiger partial charge in [-0.25, -0.2) is 13.4 Å². The van der Waals surface area contributed by atoms with E-state index in [1.807, 2.05) is 24.3 Å². The molecule has 2 saturated carbocycles. The zero-order chi connectivity index (χ0) is 17.2. The summed E-state index contributed by atoms with van der Waals surface area (Å²) in [6, 6.07) is 10.8. The van der Waals surface area contributed by atoms with Crippen LogP contribution in [0.3, 0.4) is 0 Å². The van der Waals surface area contributed by atoms with E-state index in [0.717, 1.165) is 11.8 Å². The lowest BCUT2D eigenvalue weighted by atomic mass is 9.70. The molecule has 0 N–H and O–H groups in total. The Morgan fingerprint density at radius 2 is 1.92 bits per heavy atom. The summed E-state index contributed by atoms with van der Waals surface area (Å²) in [4.78, 5) is 17.0. The highest BCUT2D eigenvalue weighted by molar-refractivity contribution is 7.91. The van der Waals surface area contributed by atoms with Crippen LogP contribution < -0.4 is 0 Å². The van der Waals surface area contributed by atoms with E-state index in [2.05, 4.69) is 18.8 Å². The number of benzene rings is 1. The summed E-state index contributed by atoms with van der Waals surface area (Å²) in [7, 11) is -3.61. The third-order valence-corrected chi connectivity index (χ3v) is 8.20. The van der Waals surface area contributed by atoms with E-state index in [4.69, 9.17) is 0 Å². The van der Waals surface area contributed by atoms with Crippen LogP contribution in [-0.2, 0) is 14.6 Å². The van der Waals surface area contributed by atoms with E-state index in [1.54, 1.807) is 12.1 Å². The Labute approximate surface area is 142 Å². The van der Waals surface area contributed by atoms with E-state index in [0.29, 0.717) is 24.3 Å². The van der Waals surface area contributed by atoms with Crippen LogP contribution in [0.4, 0.5) is 0 Å². The van der Waals surface area contributed by atoms with Gasteiger partial charge in [0.15, 0.2) is 14.9 Å². The monoisotopic (exact) mass is 343 g/mol. The fourth-order valence-corrected chi connectivity index (χ4v) is 6.71. The Bertz CT molecular complexity index is 948. The van der Waals surface area contributed by atoms with Crippen molar-refractivity contribution in [2.45, 2.75) is 38.1 Å². The molecule has 0 aliphatic heterocycles. The lowest BCUT2D eigenvalue weighted by Gasteiger charge is -2.36. The average molecular weight is 343 g/mol. The molecule has 126 valence electrons. The molecule has 1 aromatic carbocycles. The Morgan fingerprint density at radius 1 is 1.17 bits per heavy atom. The molecule has 5 heteroatoms. The molecule has 1 aromatic heterocycles. The number of pyridine rings is 1. The highest BCUT2D eigenvalue weighted by atomic mass is 32.2. The molecule has 2 fully saturated rings. The van der Waals surface area contributed by atoms with Crippen molar-refractivity contribution in [3.05, 3.63) is 36.4 Å². The van der Waals surface area contributed by atoms with Gasteiger partial charge in [-0.2, -0.15) is 0 Å². The predicted molar refractivity (Wildman–Crippen MR) is 92.4 cm³/mol. The Balaban J connectivity index is 1.76. The minimum Gasteiger partial charge on any atom is -0.299 e. The van der Waals surface area contributed by atoms with Crippen LogP contribution in [0.2, 0.25) is 0 Å². The number of para-hydroxylation sites is 1.